The fourth-order valence-corrected chi connectivity index (χ4v) is 0.809. The molecule has 0 saturated carbocycles. The Kier molecular flexibility index (Phi) is 2.44. The van der Waals surface area contributed by atoms with Gasteiger partial charge in [-0.1, -0.05) is 11.6 Å². The van der Waals surface area contributed by atoms with Gasteiger partial charge in [0.2, 0.25) is 5.88 Å². The van der Waals surface area contributed by atoms with Gasteiger partial charge in [-0.15, -0.1) is 10.2 Å². The number of carboxylic acids is 1. The Morgan fingerprint density at radius 1 is 1.67 bits per heavy atom. The molecule has 0 fully saturated rings. The van der Waals surface area contributed by atoms with E-state index < -0.39 is 5.97 Å². The predicted molar refractivity (Wildman–Crippen MR) is 40.6 cm³/mol. The van der Waals surface area contributed by atoms with Gasteiger partial charge in [-0.2, -0.15) is 0 Å². The molecule has 0 aliphatic heterocycles. The van der Waals surface area contributed by atoms with Gasteiger partial charge in [0.15, 0.2) is 5.69 Å². The smallest absolute Gasteiger partial charge is 0.358 e. The van der Waals surface area contributed by atoms with Gasteiger partial charge < -0.3 is 9.84 Å². The Balaban J connectivity index is 3.12. The predicted octanol–water partition coefficient (Wildman–Crippen LogP) is 0.837. The lowest BCUT2D eigenvalue weighted by molar-refractivity contribution is 0.0689. The average Bonchev–Trinajstić information content (AvgIpc) is 2.03. The second-order valence-electron chi connectivity index (χ2n) is 1.89. The van der Waals surface area contributed by atoms with Gasteiger partial charge in [-0.3, -0.25) is 0 Å². The van der Waals surface area contributed by atoms with E-state index in [0.29, 0.717) is 0 Å². The zero-order chi connectivity index (χ0) is 9.14. The van der Waals surface area contributed by atoms with E-state index in [1.165, 1.54) is 13.2 Å². The molecule has 0 aliphatic carbocycles. The summed E-state index contributed by atoms with van der Waals surface area (Å²) in [6.07, 6.45) is 0. The highest BCUT2D eigenvalue weighted by Gasteiger charge is 2.11. The minimum Gasteiger partial charge on any atom is -0.480 e. The van der Waals surface area contributed by atoms with E-state index in [2.05, 4.69) is 14.9 Å². The van der Waals surface area contributed by atoms with Crippen LogP contribution < -0.4 is 4.74 Å². The van der Waals surface area contributed by atoms with Crippen molar-refractivity contribution in [1.29, 1.82) is 0 Å². The number of hydrogen-bond acceptors (Lipinski definition) is 4. The summed E-state index contributed by atoms with van der Waals surface area (Å²) in [5.41, 5.74) is -0.280. The maximum atomic E-state index is 10.4. The molecular weight excluding hydrogens is 184 g/mol. The number of methoxy groups -OCH3 is 1. The van der Waals surface area contributed by atoms with Crippen LogP contribution in [0.1, 0.15) is 10.5 Å². The van der Waals surface area contributed by atoms with Crippen LogP contribution in [-0.2, 0) is 0 Å². The van der Waals surface area contributed by atoms with Crippen molar-refractivity contribution < 1.29 is 14.6 Å². The van der Waals surface area contributed by atoms with Crippen molar-refractivity contribution in [1.82, 2.24) is 10.2 Å². The molecule has 1 N–H and O–H groups in total. The fraction of sp³-hybridized carbons (Fsp3) is 0.167. The standard InChI is InChI=1S/C6H5ClN2O3/c1-12-4-2-3(7)5(6(10)11)9-8-4/h2H,1H3,(H,10,11). The summed E-state index contributed by atoms with van der Waals surface area (Å²) in [6, 6.07) is 1.29. The van der Waals surface area contributed by atoms with Crippen molar-refractivity contribution in [3.63, 3.8) is 0 Å². The van der Waals surface area contributed by atoms with Crippen LogP contribution in [0.15, 0.2) is 6.07 Å². The molecule has 64 valence electrons. The number of aromatic nitrogens is 2. The number of halogens is 1. The SMILES string of the molecule is COc1cc(Cl)c(C(=O)O)nn1. The molecule has 0 spiro atoms. The molecule has 0 atom stereocenters. The number of ether oxygens (including phenoxy) is 1. The Bertz CT molecular complexity index is 316. The molecule has 12 heavy (non-hydrogen) atoms. The number of rotatable bonds is 2. The summed E-state index contributed by atoms with van der Waals surface area (Å²) in [7, 11) is 1.39. The molecule has 1 aromatic rings. The molecule has 5 nitrogen and oxygen atoms in total. The minimum absolute atomic E-state index is 0.00866. The van der Waals surface area contributed by atoms with Crippen molar-refractivity contribution in [2.24, 2.45) is 0 Å². The molecule has 0 aromatic carbocycles. The Morgan fingerprint density at radius 3 is 2.75 bits per heavy atom. The highest BCUT2D eigenvalue weighted by molar-refractivity contribution is 6.33. The summed E-state index contributed by atoms with van der Waals surface area (Å²) >= 11 is 5.54. The number of aromatic carboxylic acids is 1. The zero-order valence-corrected chi connectivity index (χ0v) is 6.87. The van der Waals surface area contributed by atoms with Crippen molar-refractivity contribution >= 4 is 17.6 Å². The molecule has 6 heteroatoms. The van der Waals surface area contributed by atoms with Crippen molar-refractivity contribution in [3.8, 4) is 5.88 Å². The first-order valence-corrected chi connectivity index (χ1v) is 3.33. The lowest BCUT2D eigenvalue weighted by atomic mass is 10.4. The van der Waals surface area contributed by atoms with E-state index in [9.17, 15) is 4.79 Å². The van der Waals surface area contributed by atoms with Crippen LogP contribution in [-0.4, -0.2) is 28.4 Å². The third-order valence-corrected chi connectivity index (χ3v) is 1.42. The molecule has 0 amide bonds. The molecule has 1 aromatic heterocycles. The second-order valence-corrected chi connectivity index (χ2v) is 2.30. The molecule has 1 rings (SSSR count). The van der Waals surface area contributed by atoms with E-state index in [4.69, 9.17) is 16.7 Å². The normalized spacial score (nSPS) is 9.50. The third-order valence-electron chi connectivity index (χ3n) is 1.14. The molecule has 0 radical (unpaired) electrons. The summed E-state index contributed by atoms with van der Waals surface area (Å²) in [6.45, 7) is 0. The summed E-state index contributed by atoms with van der Waals surface area (Å²) < 4.78 is 4.68. The van der Waals surface area contributed by atoms with Crippen LogP contribution in [0.5, 0.6) is 5.88 Å². The van der Waals surface area contributed by atoms with Crippen LogP contribution in [0.2, 0.25) is 5.02 Å². The maximum Gasteiger partial charge on any atom is 0.358 e. The summed E-state index contributed by atoms with van der Waals surface area (Å²) in [4.78, 5) is 10.4. The van der Waals surface area contributed by atoms with Crippen LogP contribution >= 0.6 is 11.6 Å². The Labute approximate surface area is 72.9 Å². The average molecular weight is 189 g/mol. The highest BCUT2D eigenvalue weighted by atomic mass is 35.5. The van der Waals surface area contributed by atoms with E-state index in [0.717, 1.165) is 0 Å². The topological polar surface area (TPSA) is 72.3 Å². The van der Waals surface area contributed by atoms with E-state index in [1.54, 1.807) is 0 Å². The molecule has 1 heterocycles. The number of nitrogens with zero attached hydrogens (tertiary/aromatic N) is 2. The van der Waals surface area contributed by atoms with Gasteiger partial charge in [-0.25, -0.2) is 4.79 Å². The van der Waals surface area contributed by atoms with E-state index >= 15 is 0 Å². The molecule has 0 unspecified atom stereocenters. The first-order valence-electron chi connectivity index (χ1n) is 2.95. The van der Waals surface area contributed by atoms with Gasteiger partial charge >= 0.3 is 5.97 Å². The quantitative estimate of drug-likeness (QED) is 0.745. The highest BCUT2D eigenvalue weighted by Crippen LogP contribution is 2.16. The van der Waals surface area contributed by atoms with Crippen LogP contribution in [0.3, 0.4) is 0 Å². The first kappa shape index (κ1) is 8.73. The zero-order valence-electron chi connectivity index (χ0n) is 6.11. The lowest BCUT2D eigenvalue weighted by Gasteiger charge is -1.98. The molecule has 0 aliphatic rings. The first-order chi connectivity index (χ1) is 5.65. The van der Waals surface area contributed by atoms with Gasteiger partial charge in [0, 0.05) is 6.07 Å². The second kappa shape index (κ2) is 3.36. The largest absolute Gasteiger partial charge is 0.480 e. The molecule has 0 bridgehead atoms. The van der Waals surface area contributed by atoms with E-state index in [-0.39, 0.29) is 16.6 Å². The van der Waals surface area contributed by atoms with Crippen LogP contribution in [0.4, 0.5) is 0 Å². The van der Waals surface area contributed by atoms with Crippen molar-refractivity contribution in [2.75, 3.05) is 7.11 Å². The van der Waals surface area contributed by atoms with Crippen LogP contribution in [0.25, 0.3) is 0 Å². The van der Waals surface area contributed by atoms with Gasteiger partial charge in [0.05, 0.1) is 12.1 Å². The Morgan fingerprint density at radius 2 is 2.33 bits per heavy atom. The monoisotopic (exact) mass is 188 g/mol. The summed E-state index contributed by atoms with van der Waals surface area (Å²) in [5.74, 6) is -1.03. The summed E-state index contributed by atoms with van der Waals surface area (Å²) in [5, 5.41) is 15.3. The molecule has 0 saturated heterocycles. The van der Waals surface area contributed by atoms with E-state index in [1.807, 2.05) is 0 Å². The fourth-order valence-electron chi connectivity index (χ4n) is 0.597. The lowest BCUT2D eigenvalue weighted by Crippen LogP contribution is -2.03. The van der Waals surface area contributed by atoms with Gasteiger partial charge in [-0.05, 0) is 0 Å². The maximum absolute atomic E-state index is 10.4. The number of carboxylic acid groups (broad SMARTS) is 1. The number of carbonyl (C=O) groups is 1. The van der Waals surface area contributed by atoms with Gasteiger partial charge in [0.1, 0.15) is 0 Å². The Hall–Kier alpha value is -1.36. The third kappa shape index (κ3) is 1.62. The molecular formula is C6H5ClN2O3. The number of hydrogen-bond donors (Lipinski definition) is 1. The van der Waals surface area contributed by atoms with Crippen molar-refractivity contribution in [2.45, 2.75) is 0 Å². The minimum atomic E-state index is -1.21. The van der Waals surface area contributed by atoms with Gasteiger partial charge in [0.25, 0.3) is 0 Å². The van der Waals surface area contributed by atoms with Crippen molar-refractivity contribution in [3.05, 3.63) is 16.8 Å². The van der Waals surface area contributed by atoms with Crippen LogP contribution in [0, 0.1) is 0 Å².